The first-order valence-electron chi connectivity index (χ1n) is 9.98. The average Bonchev–Trinajstić information content (AvgIpc) is 2.69. The number of guanidine groups is 1. The Labute approximate surface area is 187 Å². The van der Waals surface area contributed by atoms with Crippen LogP contribution in [-0.4, -0.2) is 63.8 Å². The van der Waals surface area contributed by atoms with E-state index in [-0.39, 0.29) is 35.8 Å². The van der Waals surface area contributed by atoms with Gasteiger partial charge in [-0.2, -0.15) is 0 Å². The van der Waals surface area contributed by atoms with Crippen molar-refractivity contribution in [2.24, 2.45) is 4.99 Å². The highest BCUT2D eigenvalue weighted by Crippen LogP contribution is 2.13. The van der Waals surface area contributed by atoms with Crippen LogP contribution in [0.5, 0.6) is 0 Å². The minimum Gasteiger partial charge on any atom is -0.354 e. The number of benzene rings is 1. The highest BCUT2D eigenvalue weighted by atomic mass is 127. The van der Waals surface area contributed by atoms with Crippen LogP contribution < -0.4 is 10.6 Å². The van der Waals surface area contributed by atoms with Crippen LogP contribution in [0, 0.1) is 0 Å². The standard InChI is InChI=1S/C20H34N4O2S.HI/c1-4-13-24-14-11-18(12-15-24)23-20(21-3)22-17(5-2)16-27(25,26)19-9-7-6-8-10-19;/h6-10,17-18H,4-5,11-16H2,1-3H3,(H2,21,22,23);1H. The molecule has 2 rings (SSSR count). The molecule has 1 heterocycles. The fraction of sp³-hybridized carbons (Fsp3) is 0.650. The molecule has 0 aliphatic carbocycles. The lowest BCUT2D eigenvalue weighted by Crippen LogP contribution is -2.52. The van der Waals surface area contributed by atoms with E-state index in [1.807, 2.05) is 13.0 Å². The summed E-state index contributed by atoms with van der Waals surface area (Å²) < 4.78 is 25.3. The SMILES string of the molecule is CCCN1CCC(NC(=NC)NC(CC)CS(=O)(=O)c2ccccc2)CC1.I. The van der Waals surface area contributed by atoms with Crippen LogP contribution in [-0.2, 0) is 9.84 Å². The Morgan fingerprint density at radius 1 is 1.21 bits per heavy atom. The molecular formula is C20H35IN4O2S. The second-order valence-corrected chi connectivity index (χ2v) is 9.21. The molecule has 8 heteroatoms. The fourth-order valence-electron chi connectivity index (χ4n) is 3.43. The predicted octanol–water partition coefficient (Wildman–Crippen LogP) is 2.90. The lowest BCUT2D eigenvalue weighted by molar-refractivity contribution is 0.206. The first-order valence-corrected chi connectivity index (χ1v) is 11.6. The second-order valence-electron chi connectivity index (χ2n) is 7.18. The maximum absolute atomic E-state index is 12.7. The molecule has 0 saturated carbocycles. The van der Waals surface area contributed by atoms with Gasteiger partial charge in [0.25, 0.3) is 0 Å². The zero-order valence-electron chi connectivity index (χ0n) is 17.2. The molecule has 2 N–H and O–H groups in total. The van der Waals surface area contributed by atoms with Crippen LogP contribution in [0.4, 0.5) is 0 Å². The number of hydrogen-bond acceptors (Lipinski definition) is 4. The van der Waals surface area contributed by atoms with Gasteiger partial charge in [0, 0.05) is 32.2 Å². The summed E-state index contributed by atoms with van der Waals surface area (Å²) in [6.45, 7) is 7.57. The van der Waals surface area contributed by atoms with Crippen LogP contribution in [0.25, 0.3) is 0 Å². The number of likely N-dealkylation sites (tertiary alicyclic amines) is 1. The van der Waals surface area contributed by atoms with Gasteiger partial charge in [0.05, 0.1) is 10.6 Å². The summed E-state index contributed by atoms with van der Waals surface area (Å²) in [5, 5.41) is 6.79. The molecule has 160 valence electrons. The van der Waals surface area contributed by atoms with Gasteiger partial charge < -0.3 is 15.5 Å². The number of piperidine rings is 1. The van der Waals surface area contributed by atoms with E-state index in [1.54, 1.807) is 31.3 Å². The highest BCUT2D eigenvalue weighted by molar-refractivity contribution is 14.0. The van der Waals surface area contributed by atoms with E-state index < -0.39 is 9.84 Å². The third-order valence-corrected chi connectivity index (χ3v) is 6.88. The Bertz CT molecular complexity index is 689. The van der Waals surface area contributed by atoms with Crippen LogP contribution in [0.3, 0.4) is 0 Å². The number of nitrogens with one attached hydrogen (secondary N) is 2. The van der Waals surface area contributed by atoms with E-state index in [9.17, 15) is 8.42 Å². The lowest BCUT2D eigenvalue weighted by atomic mass is 10.1. The zero-order chi connectivity index (χ0) is 19.7. The predicted molar refractivity (Wildman–Crippen MR) is 127 cm³/mol. The minimum absolute atomic E-state index is 0. The van der Waals surface area contributed by atoms with E-state index in [2.05, 4.69) is 27.4 Å². The summed E-state index contributed by atoms with van der Waals surface area (Å²) in [6, 6.07) is 8.85. The van der Waals surface area contributed by atoms with Crippen LogP contribution in [0.1, 0.15) is 39.5 Å². The van der Waals surface area contributed by atoms with Crippen molar-refractivity contribution in [3.05, 3.63) is 30.3 Å². The van der Waals surface area contributed by atoms with Crippen LogP contribution in [0.2, 0.25) is 0 Å². The average molecular weight is 522 g/mol. The van der Waals surface area contributed by atoms with Crippen molar-refractivity contribution < 1.29 is 8.42 Å². The van der Waals surface area contributed by atoms with E-state index in [0.717, 1.165) is 32.5 Å². The summed E-state index contributed by atoms with van der Waals surface area (Å²) in [6.07, 6.45) is 4.07. The molecule has 0 spiro atoms. The topological polar surface area (TPSA) is 73.8 Å². The molecule has 1 aliphatic rings. The largest absolute Gasteiger partial charge is 0.354 e. The molecule has 0 aromatic heterocycles. The number of nitrogens with zero attached hydrogens (tertiary/aromatic N) is 2. The van der Waals surface area contributed by atoms with Gasteiger partial charge in [-0.15, -0.1) is 24.0 Å². The number of hydrogen-bond donors (Lipinski definition) is 2. The van der Waals surface area contributed by atoms with Gasteiger partial charge in [-0.1, -0.05) is 32.0 Å². The molecule has 1 aliphatic heterocycles. The van der Waals surface area contributed by atoms with Gasteiger partial charge in [0.1, 0.15) is 0 Å². The van der Waals surface area contributed by atoms with Crippen molar-refractivity contribution in [2.45, 2.75) is 56.5 Å². The molecule has 6 nitrogen and oxygen atoms in total. The molecule has 1 fully saturated rings. The third kappa shape index (κ3) is 7.87. The molecule has 0 bridgehead atoms. The molecule has 1 aromatic carbocycles. The Balaban J connectivity index is 0.00000392. The highest BCUT2D eigenvalue weighted by Gasteiger charge is 2.23. The number of halogens is 1. The Kier molecular flexibility index (Phi) is 11.4. The van der Waals surface area contributed by atoms with Crippen molar-refractivity contribution in [2.75, 3.05) is 32.4 Å². The normalized spacial score (nSPS) is 17.6. The summed E-state index contributed by atoms with van der Waals surface area (Å²) >= 11 is 0. The van der Waals surface area contributed by atoms with Crippen LogP contribution in [0.15, 0.2) is 40.2 Å². The van der Waals surface area contributed by atoms with E-state index >= 15 is 0 Å². The van der Waals surface area contributed by atoms with Gasteiger partial charge in [-0.25, -0.2) is 8.42 Å². The van der Waals surface area contributed by atoms with Gasteiger partial charge >= 0.3 is 0 Å². The van der Waals surface area contributed by atoms with E-state index in [0.29, 0.717) is 23.3 Å². The molecule has 0 amide bonds. The minimum atomic E-state index is -3.32. The Hall–Kier alpha value is -0.870. The van der Waals surface area contributed by atoms with Gasteiger partial charge in [-0.3, -0.25) is 4.99 Å². The first-order chi connectivity index (χ1) is 13.0. The zero-order valence-corrected chi connectivity index (χ0v) is 20.4. The quantitative estimate of drug-likeness (QED) is 0.312. The number of sulfone groups is 1. The van der Waals surface area contributed by atoms with Crippen molar-refractivity contribution in [1.29, 1.82) is 0 Å². The van der Waals surface area contributed by atoms with E-state index in [4.69, 9.17) is 0 Å². The smallest absolute Gasteiger partial charge is 0.191 e. The summed E-state index contributed by atoms with van der Waals surface area (Å²) in [4.78, 5) is 7.18. The number of rotatable bonds is 8. The maximum Gasteiger partial charge on any atom is 0.191 e. The first kappa shape index (κ1) is 25.2. The lowest BCUT2D eigenvalue weighted by Gasteiger charge is -2.33. The third-order valence-electron chi connectivity index (χ3n) is 5.05. The molecule has 1 aromatic rings. The summed E-state index contributed by atoms with van der Waals surface area (Å²) in [7, 11) is -1.59. The van der Waals surface area contributed by atoms with Crippen molar-refractivity contribution in [3.63, 3.8) is 0 Å². The monoisotopic (exact) mass is 522 g/mol. The summed E-state index contributed by atoms with van der Waals surface area (Å²) in [5.41, 5.74) is 0. The molecule has 0 radical (unpaired) electrons. The molecule has 1 unspecified atom stereocenters. The molecular weight excluding hydrogens is 487 g/mol. The van der Waals surface area contributed by atoms with Crippen LogP contribution >= 0.6 is 24.0 Å². The number of aliphatic imine (C=N–C) groups is 1. The van der Waals surface area contributed by atoms with Gasteiger partial charge in [0.2, 0.25) is 0 Å². The Morgan fingerprint density at radius 3 is 2.39 bits per heavy atom. The van der Waals surface area contributed by atoms with Gasteiger partial charge in [-0.05, 0) is 44.4 Å². The summed E-state index contributed by atoms with van der Waals surface area (Å²) in [5.74, 6) is 0.752. The fourth-order valence-corrected chi connectivity index (χ4v) is 5.04. The molecule has 28 heavy (non-hydrogen) atoms. The van der Waals surface area contributed by atoms with Crippen molar-refractivity contribution in [1.82, 2.24) is 15.5 Å². The van der Waals surface area contributed by atoms with Crippen molar-refractivity contribution in [3.8, 4) is 0 Å². The molecule has 1 atom stereocenters. The van der Waals surface area contributed by atoms with Crippen molar-refractivity contribution >= 4 is 39.8 Å². The Morgan fingerprint density at radius 2 is 1.86 bits per heavy atom. The second kappa shape index (κ2) is 12.6. The maximum atomic E-state index is 12.7. The van der Waals surface area contributed by atoms with E-state index in [1.165, 1.54) is 6.42 Å². The molecule has 1 saturated heterocycles. The van der Waals surface area contributed by atoms with Gasteiger partial charge in [0.15, 0.2) is 15.8 Å².